The molecule has 2 saturated heterocycles. The van der Waals surface area contributed by atoms with Gasteiger partial charge in [-0.2, -0.15) is 0 Å². The molecule has 0 saturated carbocycles. The number of piperazine rings is 1. The van der Waals surface area contributed by atoms with E-state index in [9.17, 15) is 14.4 Å². The highest BCUT2D eigenvalue weighted by atomic mass is 16.2. The maximum absolute atomic E-state index is 12.8. The summed E-state index contributed by atoms with van der Waals surface area (Å²) in [7, 11) is 0. The molecule has 0 radical (unpaired) electrons. The van der Waals surface area contributed by atoms with Gasteiger partial charge in [-0.05, 0) is 12.0 Å². The molecule has 6 nitrogen and oxygen atoms in total. The molecule has 140 valence electrons. The average Bonchev–Trinajstić information content (AvgIpc) is 3.03. The van der Waals surface area contributed by atoms with Crippen LogP contribution in [-0.2, 0) is 20.9 Å². The molecule has 1 unspecified atom stereocenters. The van der Waals surface area contributed by atoms with Crippen molar-refractivity contribution in [2.45, 2.75) is 32.7 Å². The number of hydrogen-bond acceptors (Lipinski definition) is 3. The molecule has 0 spiro atoms. The van der Waals surface area contributed by atoms with Crippen molar-refractivity contribution < 1.29 is 14.4 Å². The van der Waals surface area contributed by atoms with Crippen LogP contribution in [-0.4, -0.2) is 65.1 Å². The number of carbonyl (C=O) groups is 3. The van der Waals surface area contributed by atoms with E-state index >= 15 is 0 Å². The van der Waals surface area contributed by atoms with Crippen LogP contribution in [0.4, 0.5) is 0 Å². The lowest BCUT2D eigenvalue weighted by Crippen LogP contribution is -2.52. The monoisotopic (exact) mass is 357 g/mol. The van der Waals surface area contributed by atoms with Crippen molar-refractivity contribution in [3.63, 3.8) is 0 Å². The predicted octanol–water partition coefficient (Wildman–Crippen LogP) is 1.51. The maximum Gasteiger partial charge on any atom is 0.228 e. The third-order valence-corrected chi connectivity index (χ3v) is 5.19. The summed E-state index contributed by atoms with van der Waals surface area (Å²) >= 11 is 0. The Morgan fingerprint density at radius 2 is 1.69 bits per heavy atom. The van der Waals surface area contributed by atoms with Crippen molar-refractivity contribution in [1.82, 2.24) is 14.7 Å². The summed E-state index contributed by atoms with van der Waals surface area (Å²) in [6.07, 6.45) is 1.71. The van der Waals surface area contributed by atoms with Crippen LogP contribution in [0, 0.1) is 5.92 Å². The second kappa shape index (κ2) is 8.34. The van der Waals surface area contributed by atoms with Crippen LogP contribution >= 0.6 is 0 Å². The zero-order valence-electron chi connectivity index (χ0n) is 15.4. The lowest BCUT2D eigenvalue weighted by atomic mass is 10.1. The molecule has 0 N–H and O–H groups in total. The number of amides is 3. The molecule has 1 aromatic rings. The van der Waals surface area contributed by atoms with Crippen LogP contribution in [0.2, 0.25) is 0 Å². The molecule has 6 heteroatoms. The normalized spacial score (nSPS) is 20.6. The minimum atomic E-state index is -0.260. The highest BCUT2D eigenvalue weighted by Gasteiger charge is 2.37. The first-order valence-electron chi connectivity index (χ1n) is 9.46. The number of carbonyl (C=O) groups excluding carboxylic acids is 3. The van der Waals surface area contributed by atoms with Gasteiger partial charge < -0.3 is 14.7 Å². The molecule has 26 heavy (non-hydrogen) atoms. The Morgan fingerprint density at radius 1 is 1.04 bits per heavy atom. The molecular weight excluding hydrogens is 330 g/mol. The van der Waals surface area contributed by atoms with Gasteiger partial charge in [-0.1, -0.05) is 37.3 Å². The molecule has 2 heterocycles. The number of hydrogen-bond donors (Lipinski definition) is 0. The van der Waals surface area contributed by atoms with Crippen molar-refractivity contribution in [3.05, 3.63) is 35.9 Å². The third kappa shape index (κ3) is 4.23. The highest BCUT2D eigenvalue weighted by molar-refractivity contribution is 5.89. The molecule has 2 aliphatic heterocycles. The van der Waals surface area contributed by atoms with Gasteiger partial charge in [0.1, 0.15) is 0 Å². The van der Waals surface area contributed by atoms with Crippen LogP contribution in [0.5, 0.6) is 0 Å². The van der Waals surface area contributed by atoms with E-state index in [-0.39, 0.29) is 23.6 Å². The van der Waals surface area contributed by atoms with E-state index in [0.717, 1.165) is 12.0 Å². The molecule has 3 amide bonds. The number of benzene rings is 1. The van der Waals surface area contributed by atoms with Crippen molar-refractivity contribution in [2.24, 2.45) is 5.92 Å². The molecule has 0 bridgehead atoms. The van der Waals surface area contributed by atoms with E-state index in [4.69, 9.17) is 0 Å². The van der Waals surface area contributed by atoms with E-state index in [1.165, 1.54) is 0 Å². The van der Waals surface area contributed by atoms with Gasteiger partial charge in [-0.25, -0.2) is 0 Å². The summed E-state index contributed by atoms with van der Waals surface area (Å²) in [5, 5.41) is 0. The Morgan fingerprint density at radius 3 is 2.35 bits per heavy atom. The fourth-order valence-electron chi connectivity index (χ4n) is 3.70. The van der Waals surface area contributed by atoms with Crippen molar-refractivity contribution in [3.8, 4) is 0 Å². The zero-order chi connectivity index (χ0) is 18.5. The van der Waals surface area contributed by atoms with Crippen LogP contribution in [0.1, 0.15) is 31.7 Å². The first kappa shape index (κ1) is 18.4. The van der Waals surface area contributed by atoms with E-state index in [1.807, 2.05) is 47.1 Å². The third-order valence-electron chi connectivity index (χ3n) is 5.19. The largest absolute Gasteiger partial charge is 0.339 e. The average molecular weight is 357 g/mol. The molecule has 2 fully saturated rings. The van der Waals surface area contributed by atoms with Gasteiger partial charge in [0, 0.05) is 52.1 Å². The van der Waals surface area contributed by atoms with E-state index in [0.29, 0.717) is 52.1 Å². The van der Waals surface area contributed by atoms with Crippen LogP contribution in [0.3, 0.4) is 0 Å². The standard InChI is InChI=1S/C20H27N3O3/c1-2-6-18(24)21-9-11-22(12-10-21)20(26)17-13-19(25)23(15-17)14-16-7-4-3-5-8-16/h3-5,7-8,17H,2,6,9-15H2,1H3. The first-order chi connectivity index (χ1) is 12.6. The zero-order valence-corrected chi connectivity index (χ0v) is 15.4. The Balaban J connectivity index is 1.51. The van der Waals surface area contributed by atoms with Gasteiger partial charge in [0.15, 0.2) is 0 Å². The molecule has 0 aromatic heterocycles. The molecule has 1 atom stereocenters. The minimum absolute atomic E-state index is 0.0453. The van der Waals surface area contributed by atoms with Gasteiger partial charge in [0.25, 0.3) is 0 Å². The Labute approximate surface area is 154 Å². The second-order valence-corrected chi connectivity index (χ2v) is 7.12. The van der Waals surface area contributed by atoms with E-state index in [1.54, 1.807) is 4.90 Å². The fraction of sp³-hybridized carbons (Fsp3) is 0.550. The summed E-state index contributed by atoms with van der Waals surface area (Å²) in [6, 6.07) is 9.85. The molecule has 3 rings (SSSR count). The molecular formula is C20H27N3O3. The molecule has 1 aromatic carbocycles. The molecule has 2 aliphatic rings. The van der Waals surface area contributed by atoms with E-state index < -0.39 is 0 Å². The number of nitrogens with zero attached hydrogens (tertiary/aromatic N) is 3. The highest BCUT2D eigenvalue weighted by Crippen LogP contribution is 2.23. The smallest absolute Gasteiger partial charge is 0.228 e. The fourth-order valence-corrected chi connectivity index (χ4v) is 3.70. The lowest BCUT2D eigenvalue weighted by Gasteiger charge is -2.36. The predicted molar refractivity (Wildman–Crippen MR) is 98.0 cm³/mol. The van der Waals surface area contributed by atoms with Gasteiger partial charge in [-0.15, -0.1) is 0 Å². The van der Waals surface area contributed by atoms with Crippen LogP contribution in [0.15, 0.2) is 30.3 Å². The Hall–Kier alpha value is -2.37. The summed E-state index contributed by atoms with van der Waals surface area (Å²) in [5.41, 5.74) is 1.08. The SMILES string of the molecule is CCCC(=O)N1CCN(C(=O)C2CC(=O)N(Cc3ccccc3)C2)CC1. The Bertz CT molecular complexity index is 654. The van der Waals surface area contributed by atoms with E-state index in [2.05, 4.69) is 0 Å². The summed E-state index contributed by atoms with van der Waals surface area (Å²) in [5.74, 6) is 0.00856. The summed E-state index contributed by atoms with van der Waals surface area (Å²) < 4.78 is 0. The first-order valence-corrected chi connectivity index (χ1v) is 9.46. The second-order valence-electron chi connectivity index (χ2n) is 7.12. The van der Waals surface area contributed by atoms with Gasteiger partial charge in [-0.3, -0.25) is 14.4 Å². The summed E-state index contributed by atoms with van der Waals surface area (Å²) in [6.45, 7) is 5.37. The van der Waals surface area contributed by atoms with Gasteiger partial charge in [0.05, 0.1) is 5.92 Å². The van der Waals surface area contributed by atoms with Crippen molar-refractivity contribution in [1.29, 1.82) is 0 Å². The quantitative estimate of drug-likeness (QED) is 0.802. The molecule has 0 aliphatic carbocycles. The maximum atomic E-state index is 12.8. The number of likely N-dealkylation sites (tertiary alicyclic amines) is 1. The van der Waals surface area contributed by atoms with Crippen LogP contribution in [0.25, 0.3) is 0 Å². The Kier molecular flexibility index (Phi) is 5.91. The lowest BCUT2D eigenvalue weighted by molar-refractivity contribution is -0.142. The summed E-state index contributed by atoms with van der Waals surface area (Å²) in [4.78, 5) is 42.5. The van der Waals surface area contributed by atoms with Crippen LogP contribution < -0.4 is 0 Å². The number of rotatable bonds is 5. The van der Waals surface area contributed by atoms with Crippen molar-refractivity contribution in [2.75, 3.05) is 32.7 Å². The van der Waals surface area contributed by atoms with Crippen molar-refractivity contribution >= 4 is 17.7 Å². The minimum Gasteiger partial charge on any atom is -0.339 e. The topological polar surface area (TPSA) is 60.9 Å². The van der Waals surface area contributed by atoms with Gasteiger partial charge in [0.2, 0.25) is 17.7 Å². The van der Waals surface area contributed by atoms with Gasteiger partial charge >= 0.3 is 0 Å².